The summed E-state index contributed by atoms with van der Waals surface area (Å²) in [6.45, 7) is 3.44. The molecule has 41 heavy (non-hydrogen) atoms. The highest BCUT2D eigenvalue weighted by atomic mass is 19.4. The SMILES string of the molecule is CCC(=O)NCCCn1cc(-c2ccc3c(c2)CCN3C(=O)Cc2cccc(OC(F)(F)F)c2)c2c(N)ncnc21. The van der Waals surface area contributed by atoms with Crippen LogP contribution in [0.4, 0.5) is 24.7 Å². The molecule has 2 aromatic carbocycles. The van der Waals surface area contributed by atoms with Crippen molar-refractivity contribution in [2.45, 2.75) is 45.5 Å². The highest BCUT2D eigenvalue weighted by Gasteiger charge is 2.31. The number of nitrogens with zero attached hydrogens (tertiary/aromatic N) is 4. The average molecular weight is 567 g/mol. The second kappa shape index (κ2) is 11.5. The lowest BCUT2D eigenvalue weighted by molar-refractivity contribution is -0.274. The number of nitrogens with two attached hydrogens (primary N) is 1. The van der Waals surface area contributed by atoms with Gasteiger partial charge >= 0.3 is 6.36 Å². The van der Waals surface area contributed by atoms with Crippen LogP contribution in [0.2, 0.25) is 0 Å². The first-order valence-electron chi connectivity index (χ1n) is 13.3. The Morgan fingerprint density at radius 2 is 1.98 bits per heavy atom. The van der Waals surface area contributed by atoms with Gasteiger partial charge in [-0.3, -0.25) is 9.59 Å². The Labute approximate surface area is 234 Å². The predicted molar refractivity (Wildman–Crippen MR) is 148 cm³/mol. The van der Waals surface area contributed by atoms with Crippen LogP contribution in [-0.2, 0) is 29.0 Å². The maximum atomic E-state index is 13.1. The molecule has 0 unspecified atom stereocenters. The Kier molecular flexibility index (Phi) is 7.82. The van der Waals surface area contributed by atoms with Gasteiger partial charge in [0.05, 0.1) is 11.8 Å². The fourth-order valence-corrected chi connectivity index (χ4v) is 5.09. The van der Waals surface area contributed by atoms with Crippen LogP contribution in [0.3, 0.4) is 0 Å². The molecule has 3 heterocycles. The van der Waals surface area contributed by atoms with E-state index in [0.717, 1.165) is 27.8 Å². The van der Waals surface area contributed by atoms with Crippen LogP contribution < -0.4 is 20.7 Å². The van der Waals surface area contributed by atoms with E-state index >= 15 is 0 Å². The Morgan fingerprint density at radius 3 is 2.76 bits per heavy atom. The van der Waals surface area contributed by atoms with Crippen molar-refractivity contribution in [3.05, 3.63) is 66.1 Å². The summed E-state index contributed by atoms with van der Waals surface area (Å²) in [4.78, 5) is 35.0. The lowest BCUT2D eigenvalue weighted by atomic mass is 10.0. The van der Waals surface area contributed by atoms with Gasteiger partial charge in [-0.25, -0.2) is 9.97 Å². The zero-order chi connectivity index (χ0) is 29.1. The average Bonchev–Trinajstić information content (AvgIpc) is 3.52. The first kappa shape index (κ1) is 27.9. The van der Waals surface area contributed by atoms with Crippen molar-refractivity contribution in [1.82, 2.24) is 19.9 Å². The van der Waals surface area contributed by atoms with Crippen molar-refractivity contribution in [1.29, 1.82) is 0 Å². The van der Waals surface area contributed by atoms with Crippen LogP contribution in [-0.4, -0.2) is 45.8 Å². The van der Waals surface area contributed by atoms with E-state index in [-0.39, 0.29) is 24.0 Å². The van der Waals surface area contributed by atoms with E-state index in [0.29, 0.717) is 55.9 Å². The van der Waals surface area contributed by atoms with Crippen molar-refractivity contribution in [3.63, 3.8) is 0 Å². The molecule has 0 atom stereocenters. The number of halogens is 3. The first-order chi connectivity index (χ1) is 19.6. The Bertz CT molecular complexity index is 1600. The van der Waals surface area contributed by atoms with Crippen LogP contribution in [0.1, 0.15) is 30.9 Å². The van der Waals surface area contributed by atoms with Gasteiger partial charge in [0.2, 0.25) is 11.8 Å². The summed E-state index contributed by atoms with van der Waals surface area (Å²) in [5, 5.41) is 3.61. The van der Waals surface area contributed by atoms with Gasteiger partial charge < -0.3 is 25.3 Å². The quantitative estimate of drug-likeness (QED) is 0.286. The molecule has 0 radical (unpaired) electrons. The van der Waals surface area contributed by atoms with Crippen molar-refractivity contribution >= 4 is 34.4 Å². The number of anilines is 2. The molecule has 9 nitrogen and oxygen atoms in total. The largest absolute Gasteiger partial charge is 0.573 e. The molecule has 0 saturated carbocycles. The number of rotatable bonds is 9. The minimum Gasteiger partial charge on any atom is -0.406 e. The van der Waals surface area contributed by atoms with E-state index in [1.165, 1.54) is 24.5 Å². The van der Waals surface area contributed by atoms with E-state index in [1.54, 1.807) is 11.0 Å². The number of carbonyl (C=O) groups is 2. The molecule has 4 aromatic rings. The molecule has 12 heteroatoms. The first-order valence-corrected chi connectivity index (χ1v) is 13.3. The summed E-state index contributed by atoms with van der Waals surface area (Å²) >= 11 is 0. The van der Waals surface area contributed by atoms with E-state index < -0.39 is 6.36 Å². The maximum Gasteiger partial charge on any atom is 0.573 e. The Hall–Kier alpha value is -4.61. The number of hydrogen-bond donors (Lipinski definition) is 2. The molecular formula is C29H29F3N6O3. The van der Waals surface area contributed by atoms with Crippen LogP contribution in [0.25, 0.3) is 22.2 Å². The van der Waals surface area contributed by atoms with Gasteiger partial charge in [0, 0.05) is 43.5 Å². The fraction of sp³-hybridized carbons (Fsp3) is 0.310. The minimum absolute atomic E-state index is 0.00396. The summed E-state index contributed by atoms with van der Waals surface area (Å²) in [6, 6.07) is 11.3. The topological polar surface area (TPSA) is 115 Å². The van der Waals surface area contributed by atoms with Gasteiger partial charge in [-0.15, -0.1) is 13.2 Å². The lowest BCUT2D eigenvalue weighted by Crippen LogP contribution is -2.30. The molecule has 1 aliphatic heterocycles. The summed E-state index contributed by atoms with van der Waals surface area (Å²) in [7, 11) is 0. The molecule has 0 spiro atoms. The summed E-state index contributed by atoms with van der Waals surface area (Å²) in [6.07, 6.45) is 0.325. The van der Waals surface area contributed by atoms with Gasteiger partial charge in [0.25, 0.3) is 0 Å². The maximum absolute atomic E-state index is 13.1. The Morgan fingerprint density at radius 1 is 1.15 bits per heavy atom. The van der Waals surface area contributed by atoms with Crippen LogP contribution >= 0.6 is 0 Å². The number of carbonyl (C=O) groups excluding carboxylic acids is 2. The molecule has 0 aliphatic carbocycles. The third-order valence-electron chi connectivity index (χ3n) is 6.98. The lowest BCUT2D eigenvalue weighted by Gasteiger charge is -2.18. The molecule has 0 fully saturated rings. The zero-order valence-electron chi connectivity index (χ0n) is 22.4. The zero-order valence-corrected chi connectivity index (χ0v) is 22.4. The number of aromatic nitrogens is 3. The Balaban J connectivity index is 1.35. The molecule has 2 aromatic heterocycles. The van der Waals surface area contributed by atoms with E-state index in [9.17, 15) is 22.8 Å². The van der Waals surface area contributed by atoms with Gasteiger partial charge in [-0.1, -0.05) is 25.1 Å². The molecule has 0 saturated heterocycles. The highest BCUT2D eigenvalue weighted by molar-refractivity contribution is 6.02. The third-order valence-corrected chi connectivity index (χ3v) is 6.98. The molecule has 0 bridgehead atoms. The number of nitrogen functional groups attached to an aromatic ring is 1. The number of hydrogen-bond acceptors (Lipinski definition) is 6. The van der Waals surface area contributed by atoms with Gasteiger partial charge in [0.1, 0.15) is 23.5 Å². The number of nitrogens with one attached hydrogen (secondary N) is 1. The number of benzene rings is 2. The normalized spacial score (nSPS) is 12.9. The van der Waals surface area contributed by atoms with Crippen molar-refractivity contribution < 1.29 is 27.5 Å². The molecule has 2 amide bonds. The van der Waals surface area contributed by atoms with Crippen LogP contribution in [0.5, 0.6) is 5.75 Å². The molecule has 1 aliphatic rings. The van der Waals surface area contributed by atoms with Crippen LogP contribution in [0, 0.1) is 0 Å². The summed E-state index contributed by atoms with van der Waals surface area (Å²) in [5.74, 6) is -0.214. The van der Waals surface area contributed by atoms with Crippen molar-refractivity contribution in [3.8, 4) is 16.9 Å². The highest BCUT2D eigenvalue weighted by Crippen LogP contribution is 2.37. The molecule has 5 rings (SSSR count). The molecule has 214 valence electrons. The minimum atomic E-state index is -4.80. The molecular weight excluding hydrogens is 537 g/mol. The summed E-state index contributed by atoms with van der Waals surface area (Å²) in [5.41, 5.74) is 10.9. The smallest absolute Gasteiger partial charge is 0.406 e. The number of aryl methyl sites for hydroxylation is 1. The van der Waals surface area contributed by atoms with Crippen molar-refractivity contribution in [2.75, 3.05) is 23.7 Å². The van der Waals surface area contributed by atoms with Gasteiger partial charge in [-0.05, 0) is 53.8 Å². The number of fused-ring (bicyclic) bond motifs is 2. The number of ether oxygens (including phenoxy) is 1. The van der Waals surface area contributed by atoms with E-state index in [2.05, 4.69) is 20.0 Å². The molecule has 3 N–H and O–H groups in total. The predicted octanol–water partition coefficient (Wildman–Crippen LogP) is 4.63. The number of alkyl halides is 3. The number of amides is 2. The second-order valence-electron chi connectivity index (χ2n) is 9.76. The third kappa shape index (κ3) is 6.26. The standard InChI is InChI=1S/C29H29F3N6O3/c1-2-24(39)34-10-4-11-37-16-22(26-27(33)35-17-36-28(26)37)19-7-8-23-20(15-19)9-12-38(23)25(40)14-18-5-3-6-21(13-18)41-29(30,31)32/h3,5-8,13,15-17H,2,4,9-12,14H2,1H3,(H,34,39)(H2,33,35,36). The van der Waals surface area contributed by atoms with Crippen molar-refractivity contribution in [2.24, 2.45) is 0 Å². The van der Waals surface area contributed by atoms with E-state index in [1.807, 2.05) is 35.9 Å². The van der Waals surface area contributed by atoms with E-state index in [4.69, 9.17) is 5.73 Å². The fourth-order valence-electron chi connectivity index (χ4n) is 5.09. The summed E-state index contributed by atoms with van der Waals surface area (Å²) < 4.78 is 43.8. The van der Waals surface area contributed by atoms with Gasteiger partial charge in [-0.2, -0.15) is 0 Å². The van der Waals surface area contributed by atoms with Gasteiger partial charge in [0.15, 0.2) is 0 Å². The monoisotopic (exact) mass is 566 g/mol. The second-order valence-corrected chi connectivity index (χ2v) is 9.76. The van der Waals surface area contributed by atoms with Crippen LogP contribution in [0.15, 0.2) is 55.0 Å².